The van der Waals surface area contributed by atoms with E-state index in [1.807, 2.05) is 48.5 Å². The molecule has 2 aromatic rings. The van der Waals surface area contributed by atoms with Crippen LogP contribution in [0.25, 0.3) is 11.1 Å². The lowest BCUT2D eigenvalue weighted by Gasteiger charge is -2.20. The molecule has 9 nitrogen and oxygen atoms in total. The molecule has 3 N–H and O–H groups in total. The van der Waals surface area contributed by atoms with Crippen LogP contribution in [0.4, 0.5) is 9.59 Å². The highest BCUT2D eigenvalue weighted by Crippen LogP contribution is 2.44. The normalized spacial score (nSPS) is 13.4. The number of carboxylic acid groups (broad SMARTS) is 1. The summed E-state index contributed by atoms with van der Waals surface area (Å²) in [4.78, 5) is 35.4. The number of ether oxygens (including phenoxy) is 3. The maximum absolute atomic E-state index is 12.3. The van der Waals surface area contributed by atoms with E-state index in [4.69, 9.17) is 14.2 Å². The number of nitrogens with one attached hydrogen (secondary N) is 2. The lowest BCUT2D eigenvalue weighted by atomic mass is 9.98. The first-order valence-corrected chi connectivity index (χ1v) is 11.0. The zero-order valence-corrected chi connectivity index (χ0v) is 19.5. The summed E-state index contributed by atoms with van der Waals surface area (Å²) >= 11 is 0. The van der Waals surface area contributed by atoms with Crippen molar-refractivity contribution >= 4 is 18.2 Å². The van der Waals surface area contributed by atoms with Crippen LogP contribution < -0.4 is 10.6 Å². The Labute approximate surface area is 198 Å². The minimum Gasteiger partial charge on any atom is -0.480 e. The van der Waals surface area contributed by atoms with Gasteiger partial charge in [-0.3, -0.25) is 0 Å². The molecule has 0 fully saturated rings. The van der Waals surface area contributed by atoms with Gasteiger partial charge in [-0.15, -0.1) is 0 Å². The van der Waals surface area contributed by atoms with Crippen LogP contribution in [-0.4, -0.2) is 61.3 Å². The predicted molar refractivity (Wildman–Crippen MR) is 125 cm³/mol. The second-order valence-corrected chi connectivity index (χ2v) is 8.86. The third-order valence-electron chi connectivity index (χ3n) is 5.13. The second kappa shape index (κ2) is 11.0. The summed E-state index contributed by atoms with van der Waals surface area (Å²) in [5.74, 6) is -1.38. The smallest absolute Gasteiger partial charge is 0.407 e. The van der Waals surface area contributed by atoms with Crippen molar-refractivity contribution in [2.45, 2.75) is 38.3 Å². The minimum absolute atomic E-state index is 0.0510. The van der Waals surface area contributed by atoms with Crippen molar-refractivity contribution in [3.8, 4) is 11.1 Å². The summed E-state index contributed by atoms with van der Waals surface area (Å²) in [7, 11) is 0. The molecule has 0 radical (unpaired) electrons. The number of benzene rings is 2. The fraction of sp³-hybridized carbons (Fsp3) is 0.400. The molecule has 0 saturated carbocycles. The highest BCUT2D eigenvalue weighted by atomic mass is 16.6. The number of alkyl carbamates (subject to hydrolysis) is 2. The van der Waals surface area contributed by atoms with Crippen LogP contribution in [0.3, 0.4) is 0 Å². The third-order valence-corrected chi connectivity index (χ3v) is 5.13. The van der Waals surface area contributed by atoms with Gasteiger partial charge in [0.25, 0.3) is 0 Å². The average Bonchev–Trinajstić information content (AvgIpc) is 3.09. The predicted octanol–water partition coefficient (Wildman–Crippen LogP) is 3.52. The number of carbonyl (C=O) groups excluding carboxylic acids is 2. The fourth-order valence-corrected chi connectivity index (χ4v) is 3.70. The minimum atomic E-state index is -1.29. The van der Waals surface area contributed by atoms with E-state index in [2.05, 4.69) is 10.6 Å². The molecule has 0 unspecified atom stereocenters. The summed E-state index contributed by atoms with van der Waals surface area (Å²) in [6.07, 6.45) is -1.44. The van der Waals surface area contributed by atoms with Gasteiger partial charge in [-0.25, -0.2) is 14.4 Å². The zero-order chi connectivity index (χ0) is 24.7. The van der Waals surface area contributed by atoms with E-state index in [0.29, 0.717) is 0 Å². The van der Waals surface area contributed by atoms with Gasteiger partial charge in [0.2, 0.25) is 0 Å². The molecule has 0 spiro atoms. The third kappa shape index (κ3) is 6.71. The molecule has 1 aliphatic rings. The van der Waals surface area contributed by atoms with Gasteiger partial charge in [0.05, 0.1) is 13.2 Å². The van der Waals surface area contributed by atoms with Crippen LogP contribution in [-0.2, 0) is 19.0 Å². The summed E-state index contributed by atoms with van der Waals surface area (Å²) in [5.41, 5.74) is 3.71. The fourth-order valence-electron chi connectivity index (χ4n) is 3.70. The van der Waals surface area contributed by atoms with Gasteiger partial charge < -0.3 is 30.0 Å². The molecule has 2 aromatic carbocycles. The molecule has 0 bridgehead atoms. The number of aliphatic carboxylic acids is 1. The van der Waals surface area contributed by atoms with E-state index in [1.54, 1.807) is 20.8 Å². The number of rotatable bonds is 9. The monoisotopic (exact) mass is 470 g/mol. The van der Waals surface area contributed by atoms with Crippen molar-refractivity contribution in [1.29, 1.82) is 0 Å². The molecule has 9 heteroatoms. The molecule has 0 aliphatic heterocycles. The molecule has 1 atom stereocenters. The number of carboxylic acids is 1. The van der Waals surface area contributed by atoms with Crippen molar-refractivity contribution < 1.29 is 33.7 Å². The van der Waals surface area contributed by atoms with Crippen LogP contribution in [0, 0.1) is 0 Å². The second-order valence-electron chi connectivity index (χ2n) is 8.86. The van der Waals surface area contributed by atoms with E-state index < -0.39 is 29.8 Å². The van der Waals surface area contributed by atoms with Crippen LogP contribution in [0.2, 0.25) is 0 Å². The molecule has 34 heavy (non-hydrogen) atoms. The van der Waals surface area contributed by atoms with Crippen LogP contribution >= 0.6 is 0 Å². The summed E-state index contributed by atoms with van der Waals surface area (Å²) in [6.45, 7) is 5.21. The first kappa shape index (κ1) is 25.0. The lowest BCUT2D eigenvalue weighted by molar-refractivity contribution is -0.141. The number of carbonyl (C=O) groups is 3. The molecule has 182 valence electrons. The van der Waals surface area contributed by atoms with Gasteiger partial charge >= 0.3 is 18.2 Å². The van der Waals surface area contributed by atoms with E-state index in [1.165, 1.54) is 0 Å². The Balaban J connectivity index is 1.46. The Bertz CT molecular complexity index is 986. The van der Waals surface area contributed by atoms with Crippen LogP contribution in [0.5, 0.6) is 0 Å². The molecule has 0 saturated heterocycles. The van der Waals surface area contributed by atoms with Gasteiger partial charge in [0.1, 0.15) is 12.2 Å². The largest absolute Gasteiger partial charge is 0.480 e. The first-order valence-electron chi connectivity index (χ1n) is 11.0. The number of fused-ring (bicyclic) bond motifs is 3. The van der Waals surface area contributed by atoms with Crippen molar-refractivity contribution in [3.63, 3.8) is 0 Å². The number of amides is 2. The molecule has 2 amide bonds. The Kier molecular flexibility index (Phi) is 8.12. The summed E-state index contributed by atoms with van der Waals surface area (Å²) in [6, 6.07) is 14.6. The highest BCUT2D eigenvalue weighted by molar-refractivity contribution is 5.81. The zero-order valence-electron chi connectivity index (χ0n) is 19.5. The van der Waals surface area contributed by atoms with E-state index in [9.17, 15) is 19.5 Å². The molecule has 3 rings (SSSR count). The number of hydrogen-bond donors (Lipinski definition) is 3. The van der Waals surface area contributed by atoms with E-state index >= 15 is 0 Å². The maximum atomic E-state index is 12.3. The van der Waals surface area contributed by atoms with Gasteiger partial charge in [-0.1, -0.05) is 48.5 Å². The maximum Gasteiger partial charge on any atom is 0.407 e. The van der Waals surface area contributed by atoms with E-state index in [-0.39, 0.29) is 32.3 Å². The molecular formula is C25H30N2O7. The van der Waals surface area contributed by atoms with Crippen LogP contribution in [0.15, 0.2) is 48.5 Å². The Hall–Kier alpha value is -3.59. The standard InChI is InChI=1S/C25H30N2O7/c1-25(2,3)34-23(30)26-12-13-32-15-21(22(28)29)27-24(31)33-14-20-18-10-6-4-8-16(18)17-9-5-7-11-19(17)20/h4-11,20-21H,12-15H2,1-3H3,(H,26,30)(H,27,31)(H,28,29)/t21-/m0/s1. The van der Waals surface area contributed by atoms with Crippen LogP contribution in [0.1, 0.15) is 37.8 Å². The summed E-state index contributed by atoms with van der Waals surface area (Å²) < 4.78 is 15.8. The molecular weight excluding hydrogens is 440 g/mol. The molecule has 1 aliphatic carbocycles. The lowest BCUT2D eigenvalue weighted by Crippen LogP contribution is -2.45. The first-order chi connectivity index (χ1) is 16.2. The molecule has 0 heterocycles. The molecule has 0 aromatic heterocycles. The van der Waals surface area contributed by atoms with Crippen molar-refractivity contribution in [1.82, 2.24) is 10.6 Å². The van der Waals surface area contributed by atoms with E-state index in [0.717, 1.165) is 22.3 Å². The van der Waals surface area contributed by atoms with Gasteiger partial charge in [0.15, 0.2) is 6.04 Å². The van der Waals surface area contributed by atoms with Crippen molar-refractivity contribution in [2.75, 3.05) is 26.4 Å². The topological polar surface area (TPSA) is 123 Å². The van der Waals surface area contributed by atoms with Crippen molar-refractivity contribution in [2.24, 2.45) is 0 Å². The van der Waals surface area contributed by atoms with Gasteiger partial charge in [-0.2, -0.15) is 0 Å². The van der Waals surface area contributed by atoms with Crippen molar-refractivity contribution in [3.05, 3.63) is 59.7 Å². The average molecular weight is 471 g/mol. The Morgan fingerprint density at radius 2 is 1.56 bits per heavy atom. The Morgan fingerprint density at radius 1 is 0.971 bits per heavy atom. The highest BCUT2D eigenvalue weighted by Gasteiger charge is 2.29. The number of hydrogen-bond acceptors (Lipinski definition) is 6. The quantitative estimate of drug-likeness (QED) is 0.479. The van der Waals surface area contributed by atoms with Gasteiger partial charge in [0, 0.05) is 12.5 Å². The SMILES string of the molecule is CC(C)(C)OC(=O)NCCOC[C@H](NC(=O)OCC1c2ccccc2-c2ccccc21)C(=O)O. The summed E-state index contributed by atoms with van der Waals surface area (Å²) in [5, 5.41) is 14.2. The van der Waals surface area contributed by atoms with Gasteiger partial charge in [-0.05, 0) is 43.0 Å². The Morgan fingerprint density at radius 3 is 2.12 bits per heavy atom.